The zero-order valence-electron chi connectivity index (χ0n) is 20.3. The van der Waals surface area contributed by atoms with Crippen LogP contribution in [0.4, 0.5) is 26.6 Å². The average molecular weight is 475 g/mol. The molecule has 7 nitrogen and oxygen atoms in total. The molecule has 2 aromatic carbocycles. The fraction of sp³-hybridized carbons (Fsp3) is 0.370. The molecule has 3 aromatic rings. The molecular formula is C27H31FN6O. The summed E-state index contributed by atoms with van der Waals surface area (Å²) in [5.41, 5.74) is 4.85. The van der Waals surface area contributed by atoms with Crippen molar-refractivity contribution in [2.75, 3.05) is 36.4 Å². The van der Waals surface area contributed by atoms with Crippen molar-refractivity contribution in [1.82, 2.24) is 20.2 Å². The second-order valence-electron chi connectivity index (χ2n) is 9.27. The van der Waals surface area contributed by atoms with E-state index in [1.54, 1.807) is 11.0 Å². The Labute approximate surface area is 205 Å². The first kappa shape index (κ1) is 23.2. The van der Waals surface area contributed by atoms with Crippen LogP contribution in [0.3, 0.4) is 0 Å². The third-order valence-corrected chi connectivity index (χ3v) is 6.78. The highest BCUT2D eigenvalue weighted by atomic mass is 19.1. The predicted octanol–water partition coefficient (Wildman–Crippen LogP) is 5.16. The van der Waals surface area contributed by atoms with Crippen molar-refractivity contribution in [2.24, 2.45) is 0 Å². The highest BCUT2D eigenvalue weighted by Gasteiger charge is 2.31. The first-order valence-corrected chi connectivity index (χ1v) is 12.3. The Bertz CT molecular complexity index is 1240. The van der Waals surface area contributed by atoms with Gasteiger partial charge in [0.1, 0.15) is 5.82 Å². The molecule has 0 bridgehead atoms. The molecule has 1 saturated heterocycles. The van der Waals surface area contributed by atoms with Crippen molar-refractivity contribution in [1.29, 1.82) is 0 Å². The Hall–Kier alpha value is -3.52. The van der Waals surface area contributed by atoms with Crippen LogP contribution in [0, 0.1) is 19.7 Å². The fourth-order valence-electron chi connectivity index (χ4n) is 4.90. The van der Waals surface area contributed by atoms with Crippen molar-refractivity contribution >= 4 is 23.5 Å². The highest BCUT2D eigenvalue weighted by Crippen LogP contribution is 2.38. The van der Waals surface area contributed by atoms with Gasteiger partial charge in [-0.15, -0.1) is 0 Å². The number of hydrogen-bond donors (Lipinski definition) is 2. The molecule has 3 heterocycles. The molecule has 182 valence electrons. The molecule has 2 aliphatic heterocycles. The van der Waals surface area contributed by atoms with E-state index in [0.29, 0.717) is 30.5 Å². The third kappa shape index (κ3) is 4.84. The van der Waals surface area contributed by atoms with Crippen LogP contribution in [-0.2, 0) is 6.54 Å². The lowest BCUT2D eigenvalue weighted by Gasteiger charge is -2.31. The molecule has 1 aromatic heterocycles. The summed E-state index contributed by atoms with van der Waals surface area (Å²) in [6.45, 7) is 8.00. The summed E-state index contributed by atoms with van der Waals surface area (Å²) in [7, 11) is 0. The predicted molar refractivity (Wildman–Crippen MR) is 136 cm³/mol. The quantitative estimate of drug-likeness (QED) is 0.516. The van der Waals surface area contributed by atoms with Crippen LogP contribution in [0.25, 0.3) is 11.3 Å². The average Bonchev–Trinajstić information content (AvgIpc) is 2.85. The molecular weight excluding hydrogens is 443 g/mol. The molecule has 0 spiro atoms. The molecule has 5 rings (SSSR count). The van der Waals surface area contributed by atoms with Crippen LogP contribution >= 0.6 is 0 Å². The minimum absolute atomic E-state index is 0.230. The molecule has 35 heavy (non-hydrogen) atoms. The van der Waals surface area contributed by atoms with Crippen molar-refractivity contribution in [3.8, 4) is 11.3 Å². The number of urea groups is 1. The summed E-state index contributed by atoms with van der Waals surface area (Å²) in [6.07, 6.45) is 3.78. The van der Waals surface area contributed by atoms with Gasteiger partial charge in [0.25, 0.3) is 0 Å². The molecule has 0 saturated carbocycles. The van der Waals surface area contributed by atoms with Crippen LogP contribution < -0.4 is 15.5 Å². The number of fused-ring (bicyclic) bond motifs is 1. The number of benzene rings is 2. The lowest BCUT2D eigenvalue weighted by Crippen LogP contribution is -2.42. The van der Waals surface area contributed by atoms with Gasteiger partial charge in [-0.2, -0.15) is 4.98 Å². The summed E-state index contributed by atoms with van der Waals surface area (Å²) in [4.78, 5) is 26.8. The second kappa shape index (κ2) is 10.00. The number of para-hydroxylation sites is 1. The minimum atomic E-state index is -0.288. The summed E-state index contributed by atoms with van der Waals surface area (Å²) in [5.74, 6) is 0.730. The first-order chi connectivity index (χ1) is 17.0. The summed E-state index contributed by atoms with van der Waals surface area (Å²) in [5, 5.41) is 6.35. The maximum Gasteiger partial charge on any atom is 0.328 e. The van der Waals surface area contributed by atoms with E-state index in [9.17, 15) is 9.18 Å². The number of aromatic nitrogens is 2. The monoisotopic (exact) mass is 474 g/mol. The molecule has 8 heteroatoms. The fourth-order valence-corrected chi connectivity index (χ4v) is 4.90. The van der Waals surface area contributed by atoms with Gasteiger partial charge in [0.2, 0.25) is 5.95 Å². The second-order valence-corrected chi connectivity index (χ2v) is 9.27. The van der Waals surface area contributed by atoms with E-state index in [2.05, 4.69) is 15.5 Å². The van der Waals surface area contributed by atoms with Gasteiger partial charge in [0, 0.05) is 24.2 Å². The number of hydrogen-bond acceptors (Lipinski definition) is 5. The number of nitrogens with one attached hydrogen (secondary N) is 2. The topological polar surface area (TPSA) is 73.4 Å². The van der Waals surface area contributed by atoms with Gasteiger partial charge >= 0.3 is 6.03 Å². The number of piperidine rings is 1. The standard InChI is InChI=1S/C27H31FN6O/c1-18-8-4-5-9-23(18)34-25-22(17-30-27(34)35)24(21-11-10-20(28)16-19(21)2)31-26(32-25)29-12-15-33-13-6-3-7-14-33/h4-5,8-11,16H,3,6-7,12-15,17H2,1-2H3,(H,30,35)(H,29,31,32). The van der Waals surface area contributed by atoms with E-state index in [4.69, 9.17) is 9.97 Å². The van der Waals surface area contributed by atoms with E-state index < -0.39 is 0 Å². The zero-order chi connectivity index (χ0) is 24.4. The number of likely N-dealkylation sites (tertiary alicyclic amines) is 1. The number of anilines is 3. The Kier molecular flexibility index (Phi) is 6.63. The number of aryl methyl sites for hydroxylation is 2. The van der Waals surface area contributed by atoms with E-state index in [0.717, 1.165) is 47.6 Å². The van der Waals surface area contributed by atoms with Gasteiger partial charge in [-0.25, -0.2) is 19.1 Å². The van der Waals surface area contributed by atoms with E-state index in [1.165, 1.54) is 31.4 Å². The lowest BCUT2D eigenvalue weighted by atomic mass is 10.00. The SMILES string of the molecule is Cc1cc(F)ccc1-c1nc(NCCN2CCCCC2)nc2c1CNC(=O)N2c1ccccc1C. The molecule has 0 radical (unpaired) electrons. The summed E-state index contributed by atoms with van der Waals surface area (Å²) < 4.78 is 13.9. The number of nitrogens with zero attached hydrogens (tertiary/aromatic N) is 4. The normalized spacial score (nSPS) is 16.1. The minimum Gasteiger partial charge on any atom is -0.353 e. The van der Waals surface area contributed by atoms with E-state index in [1.807, 2.05) is 38.1 Å². The van der Waals surface area contributed by atoms with Crippen LogP contribution in [0.15, 0.2) is 42.5 Å². The number of amides is 2. The largest absolute Gasteiger partial charge is 0.353 e. The number of halogens is 1. The van der Waals surface area contributed by atoms with Crippen molar-refractivity contribution < 1.29 is 9.18 Å². The van der Waals surface area contributed by atoms with Gasteiger partial charge in [-0.3, -0.25) is 0 Å². The molecule has 2 N–H and O–H groups in total. The number of carbonyl (C=O) groups is 1. The molecule has 2 amide bonds. The van der Waals surface area contributed by atoms with Gasteiger partial charge in [0.05, 0.1) is 17.9 Å². The van der Waals surface area contributed by atoms with Crippen LogP contribution in [-0.4, -0.2) is 47.1 Å². The van der Waals surface area contributed by atoms with Crippen LogP contribution in [0.5, 0.6) is 0 Å². The maximum absolute atomic E-state index is 13.9. The highest BCUT2D eigenvalue weighted by molar-refractivity contribution is 6.02. The summed E-state index contributed by atoms with van der Waals surface area (Å²) in [6, 6.07) is 12.2. The maximum atomic E-state index is 13.9. The van der Waals surface area contributed by atoms with Crippen molar-refractivity contribution in [3.05, 3.63) is 65.0 Å². The molecule has 0 unspecified atom stereocenters. The van der Waals surface area contributed by atoms with Gasteiger partial charge in [0.15, 0.2) is 5.82 Å². The van der Waals surface area contributed by atoms with E-state index >= 15 is 0 Å². The van der Waals surface area contributed by atoms with Crippen LogP contribution in [0.1, 0.15) is 36.0 Å². The van der Waals surface area contributed by atoms with Gasteiger partial charge < -0.3 is 15.5 Å². The Morgan fingerprint density at radius 3 is 2.60 bits per heavy atom. The van der Waals surface area contributed by atoms with Gasteiger partial charge in [-0.05, 0) is 75.2 Å². The Balaban J connectivity index is 1.57. The molecule has 1 fully saturated rings. The lowest BCUT2D eigenvalue weighted by molar-refractivity contribution is 0.237. The zero-order valence-corrected chi connectivity index (χ0v) is 20.3. The Morgan fingerprint density at radius 2 is 1.83 bits per heavy atom. The first-order valence-electron chi connectivity index (χ1n) is 12.3. The smallest absolute Gasteiger partial charge is 0.328 e. The number of rotatable bonds is 6. The summed E-state index contributed by atoms with van der Waals surface area (Å²) >= 11 is 0. The van der Waals surface area contributed by atoms with E-state index in [-0.39, 0.29) is 11.8 Å². The molecule has 0 aliphatic carbocycles. The van der Waals surface area contributed by atoms with Crippen LogP contribution in [0.2, 0.25) is 0 Å². The molecule has 2 aliphatic rings. The third-order valence-electron chi connectivity index (χ3n) is 6.78. The van der Waals surface area contributed by atoms with Crippen molar-refractivity contribution in [3.63, 3.8) is 0 Å². The molecule has 0 atom stereocenters. The van der Waals surface area contributed by atoms with Crippen molar-refractivity contribution in [2.45, 2.75) is 39.7 Å². The number of carbonyl (C=O) groups excluding carboxylic acids is 1. The van der Waals surface area contributed by atoms with Gasteiger partial charge in [-0.1, -0.05) is 24.6 Å². The Morgan fingerprint density at radius 1 is 1.03 bits per heavy atom.